The Balaban J connectivity index is 1.75. The highest BCUT2D eigenvalue weighted by atomic mass is 32.2. The number of hydrogen-bond acceptors (Lipinski definition) is 7. The van der Waals surface area contributed by atoms with E-state index in [4.69, 9.17) is 10.00 Å². The van der Waals surface area contributed by atoms with Crippen molar-refractivity contribution in [3.63, 3.8) is 0 Å². The smallest absolute Gasteiger partial charge is 0.265 e. The van der Waals surface area contributed by atoms with Crippen LogP contribution in [0.5, 0.6) is 5.75 Å². The van der Waals surface area contributed by atoms with E-state index in [2.05, 4.69) is 4.98 Å². The average molecular weight is 493 g/mol. The van der Waals surface area contributed by atoms with Gasteiger partial charge in [-0.2, -0.15) is 5.26 Å². The van der Waals surface area contributed by atoms with Crippen molar-refractivity contribution in [2.24, 2.45) is 5.92 Å². The first kappa shape index (κ1) is 25.0. The molecule has 0 aliphatic carbocycles. The normalized spacial score (nSPS) is 15.8. The number of ether oxygens (including phenoxy) is 1. The third-order valence-electron chi connectivity index (χ3n) is 5.25. The Bertz CT molecular complexity index is 1200. The summed E-state index contributed by atoms with van der Waals surface area (Å²) in [4.78, 5) is 4.27. The topological polar surface area (TPSA) is 121 Å². The van der Waals surface area contributed by atoms with Gasteiger partial charge >= 0.3 is 0 Å². The summed E-state index contributed by atoms with van der Waals surface area (Å²) in [6.07, 6.45) is 3.55. The summed E-state index contributed by atoms with van der Waals surface area (Å²) < 4.78 is 58.7. The van der Waals surface area contributed by atoms with Gasteiger partial charge in [-0.3, -0.25) is 0 Å². The summed E-state index contributed by atoms with van der Waals surface area (Å²) >= 11 is 0. The minimum absolute atomic E-state index is 0.0534. The number of pyridine rings is 1. The molecule has 2 aromatic rings. The summed E-state index contributed by atoms with van der Waals surface area (Å²) in [5, 5.41) is 8.98. The van der Waals surface area contributed by atoms with Crippen LogP contribution in [0.25, 0.3) is 0 Å². The molecule has 3 rings (SSSR count). The van der Waals surface area contributed by atoms with Crippen molar-refractivity contribution in [1.82, 2.24) is 9.29 Å². The Hall–Kier alpha value is -2.68. The largest absolute Gasteiger partial charge is 0.490 e. The van der Waals surface area contributed by atoms with Crippen LogP contribution in [0.4, 0.5) is 5.82 Å². The Labute approximate surface area is 195 Å². The van der Waals surface area contributed by atoms with E-state index in [1.165, 1.54) is 45.3 Å². The van der Waals surface area contributed by atoms with Crippen LogP contribution in [0.2, 0.25) is 0 Å². The van der Waals surface area contributed by atoms with E-state index in [9.17, 15) is 16.8 Å². The van der Waals surface area contributed by atoms with E-state index < -0.39 is 20.0 Å². The van der Waals surface area contributed by atoms with Crippen molar-refractivity contribution in [2.75, 3.05) is 30.2 Å². The Morgan fingerprint density at radius 1 is 1.12 bits per heavy atom. The summed E-state index contributed by atoms with van der Waals surface area (Å²) in [5.41, 5.74) is 0.351. The van der Waals surface area contributed by atoms with Crippen molar-refractivity contribution in [3.8, 4) is 11.8 Å². The van der Waals surface area contributed by atoms with Crippen LogP contribution in [0.3, 0.4) is 0 Å². The first-order valence-corrected chi connectivity index (χ1v) is 13.9. The van der Waals surface area contributed by atoms with Gasteiger partial charge < -0.3 is 4.74 Å². The third kappa shape index (κ3) is 6.22. The second-order valence-corrected chi connectivity index (χ2v) is 12.2. The highest BCUT2D eigenvalue weighted by Crippen LogP contribution is 2.26. The number of benzene rings is 1. The van der Waals surface area contributed by atoms with Gasteiger partial charge in [-0.1, -0.05) is 13.8 Å². The monoisotopic (exact) mass is 492 g/mol. The zero-order valence-electron chi connectivity index (χ0n) is 18.9. The molecule has 0 unspecified atom stereocenters. The van der Waals surface area contributed by atoms with Gasteiger partial charge in [0.25, 0.3) is 10.0 Å². The lowest BCUT2D eigenvalue weighted by molar-refractivity contribution is 0.135. The minimum Gasteiger partial charge on any atom is -0.490 e. The highest BCUT2D eigenvalue weighted by molar-refractivity contribution is 7.92. The molecule has 0 spiro atoms. The molecule has 0 bridgehead atoms. The Morgan fingerprint density at radius 2 is 1.76 bits per heavy atom. The maximum atomic E-state index is 13.4. The standard InChI is InChI=1S/C22H28N4O5S2/c1-17(2)16-26(22-9-4-18(14-23)15-24-22)33(29,30)21-7-5-19(6-8-21)31-20-10-12-25(13-11-20)32(3,27)28/h4-9,15,17,20H,10-13,16H2,1-3H3. The van der Waals surface area contributed by atoms with Gasteiger partial charge in [-0.25, -0.2) is 30.4 Å². The van der Waals surface area contributed by atoms with Crippen LogP contribution in [-0.2, 0) is 20.0 Å². The molecule has 1 aromatic heterocycles. The number of piperidine rings is 1. The number of rotatable bonds is 8. The highest BCUT2D eigenvalue weighted by Gasteiger charge is 2.28. The maximum absolute atomic E-state index is 13.4. The van der Waals surface area contributed by atoms with E-state index >= 15 is 0 Å². The van der Waals surface area contributed by atoms with E-state index in [0.29, 0.717) is 37.2 Å². The van der Waals surface area contributed by atoms with Gasteiger partial charge in [0, 0.05) is 25.8 Å². The number of aromatic nitrogens is 1. The molecule has 33 heavy (non-hydrogen) atoms. The van der Waals surface area contributed by atoms with Gasteiger partial charge in [0.15, 0.2) is 0 Å². The van der Waals surface area contributed by atoms with Crippen molar-refractivity contribution < 1.29 is 21.6 Å². The number of anilines is 1. The molecule has 11 heteroatoms. The predicted octanol–water partition coefficient (Wildman–Crippen LogP) is 2.61. The molecule has 0 amide bonds. The molecule has 1 saturated heterocycles. The molecule has 1 aliphatic rings. The van der Waals surface area contributed by atoms with Gasteiger partial charge in [0.1, 0.15) is 23.7 Å². The van der Waals surface area contributed by atoms with E-state index in [-0.39, 0.29) is 29.3 Å². The fourth-order valence-electron chi connectivity index (χ4n) is 3.54. The zero-order valence-corrected chi connectivity index (χ0v) is 20.5. The van der Waals surface area contributed by atoms with Crippen molar-refractivity contribution in [3.05, 3.63) is 48.2 Å². The van der Waals surface area contributed by atoms with Crippen molar-refractivity contribution >= 4 is 25.9 Å². The molecule has 1 fully saturated rings. The Kier molecular flexibility index (Phi) is 7.62. The molecule has 0 radical (unpaired) electrons. The summed E-state index contributed by atoms with van der Waals surface area (Å²) in [6.45, 7) is 4.87. The molecule has 9 nitrogen and oxygen atoms in total. The molecule has 0 N–H and O–H groups in total. The first-order valence-electron chi connectivity index (χ1n) is 10.6. The van der Waals surface area contributed by atoms with Crippen LogP contribution in [0, 0.1) is 17.2 Å². The zero-order chi connectivity index (χ0) is 24.2. The van der Waals surface area contributed by atoms with Crippen LogP contribution in [0.15, 0.2) is 47.5 Å². The van der Waals surface area contributed by atoms with Gasteiger partial charge in [0.05, 0.1) is 16.7 Å². The molecule has 178 valence electrons. The number of hydrogen-bond donors (Lipinski definition) is 0. The second kappa shape index (κ2) is 10.1. The van der Waals surface area contributed by atoms with Gasteiger partial charge in [-0.05, 0) is 55.2 Å². The van der Waals surface area contributed by atoms with Crippen molar-refractivity contribution in [2.45, 2.75) is 37.7 Å². The molecule has 1 aromatic carbocycles. The first-order chi connectivity index (χ1) is 15.5. The molecule has 0 atom stereocenters. The molecular weight excluding hydrogens is 464 g/mol. The number of nitriles is 1. The van der Waals surface area contributed by atoms with Crippen molar-refractivity contribution in [1.29, 1.82) is 5.26 Å². The van der Waals surface area contributed by atoms with Crippen LogP contribution in [0.1, 0.15) is 32.3 Å². The second-order valence-electron chi connectivity index (χ2n) is 8.40. The summed E-state index contributed by atoms with van der Waals surface area (Å²) in [5.74, 6) is 0.831. The predicted molar refractivity (Wildman–Crippen MR) is 125 cm³/mol. The van der Waals surface area contributed by atoms with Gasteiger partial charge in [-0.15, -0.1) is 0 Å². The van der Waals surface area contributed by atoms with Crippen LogP contribution < -0.4 is 9.04 Å². The Morgan fingerprint density at radius 3 is 2.24 bits per heavy atom. The van der Waals surface area contributed by atoms with E-state index in [1.54, 1.807) is 12.1 Å². The fourth-order valence-corrected chi connectivity index (χ4v) is 5.99. The lowest BCUT2D eigenvalue weighted by Crippen LogP contribution is -2.41. The maximum Gasteiger partial charge on any atom is 0.265 e. The van der Waals surface area contributed by atoms with E-state index in [1.807, 2.05) is 19.9 Å². The molecule has 2 heterocycles. The lowest BCUT2D eigenvalue weighted by Gasteiger charge is -2.30. The fraction of sp³-hybridized carbons (Fsp3) is 0.455. The summed E-state index contributed by atoms with van der Waals surface area (Å²) in [6, 6.07) is 11.2. The molecule has 0 saturated carbocycles. The quantitative estimate of drug-likeness (QED) is 0.555. The van der Waals surface area contributed by atoms with Gasteiger partial charge in [0.2, 0.25) is 10.0 Å². The third-order valence-corrected chi connectivity index (χ3v) is 8.34. The SMILES string of the molecule is CC(C)CN(c1ccc(C#N)cn1)S(=O)(=O)c1ccc(OC2CCN(S(C)(=O)=O)CC2)cc1. The van der Waals surface area contributed by atoms with E-state index in [0.717, 1.165) is 0 Å². The summed E-state index contributed by atoms with van der Waals surface area (Å²) in [7, 11) is -7.09. The molecular formula is C22H28N4O5S2. The number of nitrogens with zero attached hydrogens (tertiary/aromatic N) is 4. The molecule has 1 aliphatic heterocycles. The minimum atomic E-state index is -3.88. The lowest BCUT2D eigenvalue weighted by atomic mass is 10.1. The van der Waals surface area contributed by atoms with Crippen LogP contribution in [-0.4, -0.2) is 58.1 Å². The average Bonchev–Trinajstić information content (AvgIpc) is 2.77. The van der Waals surface area contributed by atoms with Crippen LogP contribution >= 0.6 is 0 Å². The number of sulfonamides is 2.